The first-order valence-electron chi connectivity index (χ1n) is 6.36. The Morgan fingerprint density at radius 1 is 1.32 bits per heavy atom. The maximum Gasteiger partial charge on any atom is 0.126 e. The highest BCUT2D eigenvalue weighted by molar-refractivity contribution is 9.11. The van der Waals surface area contributed by atoms with Crippen molar-refractivity contribution < 1.29 is 4.39 Å². The van der Waals surface area contributed by atoms with Crippen LogP contribution < -0.4 is 5.32 Å². The van der Waals surface area contributed by atoms with E-state index < -0.39 is 0 Å². The fourth-order valence-electron chi connectivity index (χ4n) is 1.94. The van der Waals surface area contributed by atoms with E-state index in [-0.39, 0.29) is 11.9 Å². The predicted molar refractivity (Wildman–Crippen MR) is 83.3 cm³/mol. The summed E-state index contributed by atoms with van der Waals surface area (Å²) < 4.78 is 14.8. The molecule has 0 fully saturated rings. The number of hydrogen-bond acceptors (Lipinski definition) is 2. The Labute approximate surface area is 126 Å². The van der Waals surface area contributed by atoms with Crippen molar-refractivity contribution in [2.45, 2.75) is 26.3 Å². The van der Waals surface area contributed by atoms with E-state index in [4.69, 9.17) is 0 Å². The monoisotopic (exact) mass is 341 g/mol. The van der Waals surface area contributed by atoms with Crippen molar-refractivity contribution in [3.8, 4) is 0 Å². The molecule has 1 nitrogen and oxygen atoms in total. The van der Waals surface area contributed by atoms with E-state index in [1.165, 1.54) is 4.88 Å². The first kappa shape index (κ1) is 14.7. The van der Waals surface area contributed by atoms with Crippen LogP contribution in [0.25, 0.3) is 0 Å². The lowest BCUT2D eigenvalue weighted by molar-refractivity contribution is 0.587. The number of nitrogens with one attached hydrogen (secondary N) is 1. The summed E-state index contributed by atoms with van der Waals surface area (Å²) in [5.41, 5.74) is 1.66. The fraction of sp³-hybridized carbons (Fsp3) is 0.333. The summed E-state index contributed by atoms with van der Waals surface area (Å²) in [5.74, 6) is -0.142. The highest BCUT2D eigenvalue weighted by atomic mass is 79.9. The average molecular weight is 342 g/mol. The molecule has 1 unspecified atom stereocenters. The van der Waals surface area contributed by atoms with Gasteiger partial charge in [-0.25, -0.2) is 4.39 Å². The number of rotatable bonds is 5. The zero-order valence-electron chi connectivity index (χ0n) is 11.0. The molecule has 0 saturated heterocycles. The normalized spacial score (nSPS) is 12.6. The molecule has 1 aromatic carbocycles. The standard InChI is InChI=1S/C15H17BrFNS/c1-3-8-18-15(13-6-7-14(16)19-13)11-5-4-10(2)12(17)9-11/h4-7,9,15,18H,3,8H2,1-2H3. The Hall–Kier alpha value is -0.710. The van der Waals surface area contributed by atoms with Crippen LogP contribution in [0.2, 0.25) is 0 Å². The molecule has 0 aliphatic heterocycles. The summed E-state index contributed by atoms with van der Waals surface area (Å²) in [5, 5.41) is 3.48. The molecule has 0 aliphatic rings. The van der Waals surface area contributed by atoms with Gasteiger partial charge in [0.25, 0.3) is 0 Å². The smallest absolute Gasteiger partial charge is 0.126 e. The molecule has 2 aromatic rings. The zero-order chi connectivity index (χ0) is 13.8. The second-order valence-corrected chi connectivity index (χ2v) is 7.03. The third kappa shape index (κ3) is 3.65. The molecule has 0 saturated carbocycles. The molecule has 1 aromatic heterocycles. The Bertz CT molecular complexity index is 553. The van der Waals surface area contributed by atoms with Gasteiger partial charge in [0, 0.05) is 4.88 Å². The summed E-state index contributed by atoms with van der Waals surface area (Å²) >= 11 is 5.17. The summed E-state index contributed by atoms with van der Waals surface area (Å²) in [4.78, 5) is 1.20. The second kappa shape index (κ2) is 6.64. The molecule has 19 heavy (non-hydrogen) atoms. The van der Waals surface area contributed by atoms with E-state index in [9.17, 15) is 4.39 Å². The first-order valence-corrected chi connectivity index (χ1v) is 7.97. The SMILES string of the molecule is CCCNC(c1ccc(C)c(F)c1)c1ccc(Br)s1. The van der Waals surface area contributed by atoms with Crippen LogP contribution >= 0.6 is 27.3 Å². The van der Waals surface area contributed by atoms with Crippen LogP contribution in [0.1, 0.15) is 35.4 Å². The van der Waals surface area contributed by atoms with Gasteiger partial charge in [0.15, 0.2) is 0 Å². The van der Waals surface area contributed by atoms with E-state index in [1.54, 1.807) is 24.3 Å². The molecular formula is C15H17BrFNS. The molecule has 0 bridgehead atoms. The summed E-state index contributed by atoms with van der Waals surface area (Å²) in [6.07, 6.45) is 1.05. The minimum absolute atomic E-state index is 0.0614. The Morgan fingerprint density at radius 3 is 2.68 bits per heavy atom. The van der Waals surface area contributed by atoms with Gasteiger partial charge in [-0.15, -0.1) is 11.3 Å². The third-order valence-corrected chi connectivity index (χ3v) is 4.69. The first-order chi connectivity index (χ1) is 9.11. The predicted octanol–water partition coefficient (Wildman–Crippen LogP) is 5.05. The largest absolute Gasteiger partial charge is 0.306 e. The van der Waals surface area contributed by atoms with E-state index in [1.807, 2.05) is 18.2 Å². The molecule has 0 radical (unpaired) electrons. The van der Waals surface area contributed by atoms with Crippen LogP contribution in [0.15, 0.2) is 34.1 Å². The second-order valence-electron chi connectivity index (χ2n) is 4.54. The van der Waals surface area contributed by atoms with Gasteiger partial charge < -0.3 is 5.32 Å². The quantitative estimate of drug-likeness (QED) is 0.802. The van der Waals surface area contributed by atoms with E-state index >= 15 is 0 Å². The highest BCUT2D eigenvalue weighted by Gasteiger charge is 2.16. The molecule has 1 atom stereocenters. The van der Waals surface area contributed by atoms with Crippen molar-refractivity contribution in [3.05, 3.63) is 55.9 Å². The topological polar surface area (TPSA) is 12.0 Å². The fourth-order valence-corrected chi connectivity index (χ4v) is 3.47. The molecule has 102 valence electrons. The van der Waals surface area contributed by atoms with Gasteiger partial charge in [0.2, 0.25) is 0 Å². The molecule has 4 heteroatoms. The Balaban J connectivity index is 2.33. The summed E-state index contributed by atoms with van der Waals surface area (Å²) in [7, 11) is 0. The van der Waals surface area contributed by atoms with Crippen LogP contribution in [-0.2, 0) is 0 Å². The van der Waals surface area contributed by atoms with E-state index in [0.29, 0.717) is 5.56 Å². The van der Waals surface area contributed by atoms with Crippen LogP contribution in [0.3, 0.4) is 0 Å². The minimum Gasteiger partial charge on any atom is -0.306 e. The molecular weight excluding hydrogens is 325 g/mol. The maximum atomic E-state index is 13.7. The lowest BCUT2D eigenvalue weighted by atomic mass is 10.0. The van der Waals surface area contributed by atoms with Gasteiger partial charge in [0.05, 0.1) is 9.83 Å². The lowest BCUT2D eigenvalue weighted by Gasteiger charge is -2.18. The van der Waals surface area contributed by atoms with E-state index in [2.05, 4.69) is 34.2 Å². The molecule has 0 aliphatic carbocycles. The average Bonchev–Trinajstić information content (AvgIpc) is 2.80. The Morgan fingerprint density at radius 2 is 2.11 bits per heavy atom. The zero-order valence-corrected chi connectivity index (χ0v) is 13.4. The van der Waals surface area contributed by atoms with Gasteiger partial charge in [0.1, 0.15) is 5.82 Å². The number of halogens is 2. The van der Waals surface area contributed by atoms with Crippen LogP contribution in [-0.4, -0.2) is 6.54 Å². The molecule has 0 amide bonds. The van der Waals surface area contributed by atoms with Crippen molar-refractivity contribution in [2.75, 3.05) is 6.54 Å². The maximum absolute atomic E-state index is 13.7. The van der Waals surface area contributed by atoms with E-state index in [0.717, 1.165) is 22.3 Å². The molecule has 1 N–H and O–H groups in total. The number of benzene rings is 1. The number of aryl methyl sites for hydroxylation is 1. The molecule has 0 spiro atoms. The van der Waals surface area contributed by atoms with Crippen molar-refractivity contribution in [2.24, 2.45) is 0 Å². The van der Waals surface area contributed by atoms with Crippen LogP contribution in [0.4, 0.5) is 4.39 Å². The lowest BCUT2D eigenvalue weighted by Crippen LogP contribution is -2.22. The van der Waals surface area contributed by atoms with Crippen LogP contribution in [0, 0.1) is 12.7 Å². The summed E-state index contributed by atoms with van der Waals surface area (Å²) in [6.45, 7) is 4.83. The number of hydrogen-bond donors (Lipinski definition) is 1. The van der Waals surface area contributed by atoms with Gasteiger partial charge in [-0.05, 0) is 65.1 Å². The Kier molecular flexibility index (Phi) is 5.13. The number of thiophene rings is 1. The van der Waals surface area contributed by atoms with Crippen molar-refractivity contribution >= 4 is 27.3 Å². The summed E-state index contributed by atoms with van der Waals surface area (Å²) in [6, 6.07) is 9.65. The van der Waals surface area contributed by atoms with Gasteiger partial charge in [-0.3, -0.25) is 0 Å². The van der Waals surface area contributed by atoms with Crippen molar-refractivity contribution in [1.82, 2.24) is 5.32 Å². The third-order valence-electron chi connectivity index (χ3n) is 3.01. The highest BCUT2D eigenvalue weighted by Crippen LogP contribution is 2.31. The van der Waals surface area contributed by atoms with Crippen molar-refractivity contribution in [3.63, 3.8) is 0 Å². The molecule has 2 rings (SSSR count). The van der Waals surface area contributed by atoms with Crippen LogP contribution in [0.5, 0.6) is 0 Å². The van der Waals surface area contributed by atoms with Gasteiger partial charge in [-0.2, -0.15) is 0 Å². The van der Waals surface area contributed by atoms with Crippen molar-refractivity contribution in [1.29, 1.82) is 0 Å². The minimum atomic E-state index is -0.142. The van der Waals surface area contributed by atoms with Gasteiger partial charge in [-0.1, -0.05) is 19.1 Å². The molecule has 1 heterocycles. The van der Waals surface area contributed by atoms with Gasteiger partial charge >= 0.3 is 0 Å².